The SMILES string of the molecule is Cc1c(CN2CCN(C(=O)OC(C)(C)C)CC2)cccc1N1CCCC1. The first-order chi connectivity index (χ1) is 12.3. The van der Waals surface area contributed by atoms with Gasteiger partial charge in [-0.15, -0.1) is 0 Å². The number of nitrogens with zero attached hydrogens (tertiary/aromatic N) is 3. The third-order valence-electron chi connectivity index (χ3n) is 5.28. The average molecular weight is 360 g/mol. The molecule has 0 atom stereocenters. The Labute approximate surface area is 157 Å². The van der Waals surface area contributed by atoms with Gasteiger partial charge in [-0.2, -0.15) is 0 Å². The van der Waals surface area contributed by atoms with Gasteiger partial charge in [0.1, 0.15) is 5.60 Å². The van der Waals surface area contributed by atoms with Crippen molar-refractivity contribution in [1.29, 1.82) is 0 Å². The summed E-state index contributed by atoms with van der Waals surface area (Å²) >= 11 is 0. The fraction of sp³-hybridized carbons (Fsp3) is 0.667. The van der Waals surface area contributed by atoms with Crippen LogP contribution < -0.4 is 4.90 Å². The molecule has 2 aliphatic heterocycles. The van der Waals surface area contributed by atoms with Crippen LogP contribution in [0.3, 0.4) is 0 Å². The minimum atomic E-state index is -0.429. The summed E-state index contributed by atoms with van der Waals surface area (Å²) in [5.74, 6) is 0. The topological polar surface area (TPSA) is 36.0 Å². The maximum absolute atomic E-state index is 12.2. The molecule has 2 saturated heterocycles. The van der Waals surface area contributed by atoms with Crippen LogP contribution >= 0.6 is 0 Å². The van der Waals surface area contributed by atoms with Crippen LogP contribution in [0.15, 0.2) is 18.2 Å². The van der Waals surface area contributed by atoms with Crippen molar-refractivity contribution in [2.45, 2.75) is 52.7 Å². The van der Waals surface area contributed by atoms with Crippen molar-refractivity contribution in [3.8, 4) is 0 Å². The molecule has 1 amide bonds. The van der Waals surface area contributed by atoms with E-state index in [1.165, 1.54) is 42.7 Å². The molecule has 1 aromatic rings. The molecule has 5 heteroatoms. The standard InChI is InChI=1S/C21H33N3O2/c1-17-18(8-7-9-19(17)23-10-5-6-11-23)16-22-12-14-24(15-13-22)20(25)26-21(2,3)4/h7-9H,5-6,10-16H2,1-4H3. The molecular formula is C21H33N3O2. The number of amides is 1. The second-order valence-electron chi connectivity index (χ2n) is 8.50. The van der Waals surface area contributed by atoms with Crippen LogP contribution in [0, 0.1) is 6.92 Å². The highest BCUT2D eigenvalue weighted by atomic mass is 16.6. The molecule has 0 aliphatic carbocycles. The smallest absolute Gasteiger partial charge is 0.410 e. The minimum Gasteiger partial charge on any atom is -0.444 e. The van der Waals surface area contributed by atoms with E-state index in [4.69, 9.17) is 4.74 Å². The minimum absolute atomic E-state index is 0.190. The van der Waals surface area contributed by atoms with Crippen LogP contribution in [-0.2, 0) is 11.3 Å². The number of piperazine rings is 1. The summed E-state index contributed by atoms with van der Waals surface area (Å²) in [6, 6.07) is 6.69. The maximum Gasteiger partial charge on any atom is 0.410 e. The molecule has 0 bridgehead atoms. The van der Waals surface area contributed by atoms with Gasteiger partial charge in [0, 0.05) is 51.5 Å². The van der Waals surface area contributed by atoms with Crippen molar-refractivity contribution in [3.63, 3.8) is 0 Å². The first kappa shape index (κ1) is 19.0. The summed E-state index contributed by atoms with van der Waals surface area (Å²) in [5.41, 5.74) is 3.78. The van der Waals surface area contributed by atoms with Crippen molar-refractivity contribution < 1.29 is 9.53 Å². The van der Waals surface area contributed by atoms with E-state index in [0.29, 0.717) is 0 Å². The molecule has 0 radical (unpaired) electrons. The van der Waals surface area contributed by atoms with Crippen molar-refractivity contribution in [1.82, 2.24) is 9.80 Å². The Morgan fingerprint density at radius 2 is 1.69 bits per heavy atom. The molecule has 0 N–H and O–H groups in total. The molecule has 2 heterocycles. The van der Waals surface area contributed by atoms with Crippen LogP contribution in [0.5, 0.6) is 0 Å². The monoisotopic (exact) mass is 359 g/mol. The molecule has 0 saturated carbocycles. The summed E-state index contributed by atoms with van der Waals surface area (Å²) in [4.78, 5) is 19.0. The molecule has 26 heavy (non-hydrogen) atoms. The van der Waals surface area contributed by atoms with Crippen LogP contribution in [0.2, 0.25) is 0 Å². The Kier molecular flexibility index (Phi) is 5.76. The summed E-state index contributed by atoms with van der Waals surface area (Å²) < 4.78 is 5.49. The van der Waals surface area contributed by atoms with E-state index in [9.17, 15) is 4.79 Å². The second kappa shape index (κ2) is 7.87. The predicted molar refractivity (Wildman–Crippen MR) is 106 cm³/mol. The number of carbonyl (C=O) groups excluding carboxylic acids is 1. The molecule has 5 nitrogen and oxygen atoms in total. The third-order valence-corrected chi connectivity index (χ3v) is 5.28. The van der Waals surface area contributed by atoms with Gasteiger partial charge in [-0.1, -0.05) is 12.1 Å². The number of carbonyl (C=O) groups is 1. The third kappa shape index (κ3) is 4.70. The lowest BCUT2D eigenvalue weighted by atomic mass is 10.0. The zero-order valence-corrected chi connectivity index (χ0v) is 16.8. The van der Waals surface area contributed by atoms with Gasteiger partial charge < -0.3 is 14.5 Å². The number of ether oxygens (including phenoxy) is 1. The van der Waals surface area contributed by atoms with Crippen LogP contribution in [0.1, 0.15) is 44.7 Å². The van der Waals surface area contributed by atoms with Gasteiger partial charge in [-0.25, -0.2) is 4.79 Å². The van der Waals surface area contributed by atoms with E-state index >= 15 is 0 Å². The van der Waals surface area contributed by atoms with Crippen molar-refractivity contribution in [2.75, 3.05) is 44.2 Å². The Hall–Kier alpha value is -1.75. The molecule has 144 valence electrons. The van der Waals surface area contributed by atoms with Gasteiger partial charge >= 0.3 is 6.09 Å². The number of benzene rings is 1. The van der Waals surface area contributed by atoms with E-state index in [1.807, 2.05) is 25.7 Å². The molecule has 1 aromatic carbocycles. The highest BCUT2D eigenvalue weighted by Crippen LogP contribution is 2.27. The lowest BCUT2D eigenvalue weighted by Gasteiger charge is -2.36. The lowest BCUT2D eigenvalue weighted by molar-refractivity contribution is 0.0139. The summed E-state index contributed by atoms with van der Waals surface area (Å²) in [6.45, 7) is 14.6. The van der Waals surface area contributed by atoms with E-state index < -0.39 is 5.60 Å². The Balaban J connectivity index is 1.56. The number of hydrogen-bond acceptors (Lipinski definition) is 4. The first-order valence-corrected chi connectivity index (χ1v) is 9.87. The normalized spacial score (nSPS) is 19.1. The second-order valence-corrected chi connectivity index (χ2v) is 8.50. The molecular weight excluding hydrogens is 326 g/mol. The Morgan fingerprint density at radius 3 is 2.31 bits per heavy atom. The molecule has 0 aromatic heterocycles. The largest absolute Gasteiger partial charge is 0.444 e. The highest BCUT2D eigenvalue weighted by molar-refractivity contribution is 5.68. The van der Waals surface area contributed by atoms with Crippen LogP contribution in [0.4, 0.5) is 10.5 Å². The zero-order valence-electron chi connectivity index (χ0n) is 16.8. The maximum atomic E-state index is 12.2. The van der Waals surface area contributed by atoms with E-state index in [0.717, 1.165) is 32.7 Å². The zero-order chi connectivity index (χ0) is 18.7. The highest BCUT2D eigenvalue weighted by Gasteiger charge is 2.26. The lowest BCUT2D eigenvalue weighted by Crippen LogP contribution is -2.49. The summed E-state index contributed by atoms with van der Waals surface area (Å²) in [6.07, 6.45) is 2.41. The fourth-order valence-electron chi connectivity index (χ4n) is 3.80. The number of anilines is 1. The van der Waals surface area contributed by atoms with E-state index in [-0.39, 0.29) is 6.09 Å². The average Bonchev–Trinajstić information content (AvgIpc) is 3.10. The van der Waals surface area contributed by atoms with Crippen molar-refractivity contribution in [2.24, 2.45) is 0 Å². The quantitative estimate of drug-likeness (QED) is 0.825. The number of rotatable bonds is 3. The number of hydrogen-bond donors (Lipinski definition) is 0. The van der Waals surface area contributed by atoms with Crippen molar-refractivity contribution >= 4 is 11.8 Å². The molecule has 0 spiro atoms. The molecule has 2 aliphatic rings. The Bertz CT molecular complexity index is 625. The van der Waals surface area contributed by atoms with Crippen LogP contribution in [0.25, 0.3) is 0 Å². The van der Waals surface area contributed by atoms with Gasteiger partial charge in [0.05, 0.1) is 0 Å². The van der Waals surface area contributed by atoms with Gasteiger partial charge in [0.25, 0.3) is 0 Å². The Morgan fingerprint density at radius 1 is 1.04 bits per heavy atom. The van der Waals surface area contributed by atoms with Gasteiger partial charge in [-0.05, 0) is 57.7 Å². The van der Waals surface area contributed by atoms with Gasteiger partial charge in [-0.3, -0.25) is 4.90 Å². The molecule has 0 unspecified atom stereocenters. The van der Waals surface area contributed by atoms with Gasteiger partial charge in [0.15, 0.2) is 0 Å². The van der Waals surface area contributed by atoms with E-state index in [1.54, 1.807) is 0 Å². The molecule has 3 rings (SSSR count). The first-order valence-electron chi connectivity index (χ1n) is 9.87. The fourth-order valence-corrected chi connectivity index (χ4v) is 3.80. The van der Waals surface area contributed by atoms with E-state index in [2.05, 4.69) is 34.9 Å². The molecule has 2 fully saturated rings. The summed E-state index contributed by atoms with van der Waals surface area (Å²) in [7, 11) is 0. The van der Waals surface area contributed by atoms with Crippen molar-refractivity contribution in [3.05, 3.63) is 29.3 Å². The van der Waals surface area contributed by atoms with Gasteiger partial charge in [0.2, 0.25) is 0 Å². The summed E-state index contributed by atoms with van der Waals surface area (Å²) in [5, 5.41) is 0. The predicted octanol–water partition coefficient (Wildman–Crippen LogP) is 3.65. The van der Waals surface area contributed by atoms with Crippen LogP contribution in [-0.4, -0.2) is 60.8 Å².